The predicted molar refractivity (Wildman–Crippen MR) is 79.2 cm³/mol. The summed E-state index contributed by atoms with van der Waals surface area (Å²) in [5, 5.41) is 6.11. The van der Waals surface area contributed by atoms with E-state index in [9.17, 15) is 13.2 Å². The number of hydrogen-bond acceptors (Lipinski definition) is 2. The molecule has 0 spiro atoms. The molecule has 0 aliphatic carbocycles. The maximum absolute atomic E-state index is 12.6. The van der Waals surface area contributed by atoms with Crippen molar-refractivity contribution < 1.29 is 17.9 Å². The molecule has 0 aromatic heterocycles. The molecule has 116 valence electrons. The Balaban J connectivity index is 1.93. The monoisotopic (exact) mass is 318 g/mol. The lowest BCUT2D eigenvalue weighted by Crippen LogP contribution is -2.42. The molecular formula is C14H17F3N2OS. The molecule has 1 aliphatic heterocycles. The molecule has 0 bridgehead atoms. The van der Waals surface area contributed by atoms with Crippen molar-refractivity contribution in [1.29, 1.82) is 0 Å². The molecule has 2 atom stereocenters. The third kappa shape index (κ3) is 4.57. The van der Waals surface area contributed by atoms with Gasteiger partial charge in [0.15, 0.2) is 5.11 Å². The molecule has 1 fully saturated rings. The Kier molecular flexibility index (Phi) is 5.05. The van der Waals surface area contributed by atoms with Gasteiger partial charge in [0, 0.05) is 12.3 Å². The second-order valence-electron chi connectivity index (χ2n) is 5.02. The summed E-state index contributed by atoms with van der Waals surface area (Å²) in [6.07, 6.45) is -2.30. The van der Waals surface area contributed by atoms with Gasteiger partial charge in [-0.1, -0.05) is 6.07 Å². The van der Waals surface area contributed by atoms with Crippen LogP contribution < -0.4 is 10.6 Å². The molecule has 2 N–H and O–H groups in total. The number of rotatable bonds is 3. The van der Waals surface area contributed by atoms with Gasteiger partial charge in [0.2, 0.25) is 0 Å². The fourth-order valence-electron chi connectivity index (χ4n) is 2.24. The standard InChI is InChI=1S/C14H17F3N2OS/c1-9(12-6-3-7-20-12)18-13(21)19-11-5-2-4-10(8-11)14(15,16)17/h2,4-5,8-9,12H,3,6-7H2,1H3,(H2,18,19,21). The minimum atomic E-state index is -4.36. The molecule has 1 aromatic carbocycles. The number of hydrogen-bond donors (Lipinski definition) is 2. The molecule has 1 heterocycles. The van der Waals surface area contributed by atoms with Crippen molar-refractivity contribution in [2.24, 2.45) is 0 Å². The van der Waals surface area contributed by atoms with E-state index in [1.807, 2.05) is 6.92 Å². The maximum atomic E-state index is 12.6. The highest BCUT2D eigenvalue weighted by Gasteiger charge is 2.30. The quantitative estimate of drug-likeness (QED) is 0.835. The van der Waals surface area contributed by atoms with Gasteiger partial charge in [0.1, 0.15) is 0 Å². The van der Waals surface area contributed by atoms with Gasteiger partial charge in [-0.2, -0.15) is 13.2 Å². The van der Waals surface area contributed by atoms with E-state index in [2.05, 4.69) is 10.6 Å². The first-order valence-electron chi connectivity index (χ1n) is 6.72. The zero-order valence-corrected chi connectivity index (χ0v) is 12.4. The van der Waals surface area contributed by atoms with Crippen LogP contribution in [0.4, 0.5) is 18.9 Å². The van der Waals surface area contributed by atoms with Crippen molar-refractivity contribution in [2.75, 3.05) is 11.9 Å². The fraction of sp³-hybridized carbons (Fsp3) is 0.500. The molecule has 1 aliphatic rings. The highest BCUT2D eigenvalue weighted by molar-refractivity contribution is 7.80. The van der Waals surface area contributed by atoms with Crippen LogP contribution in [0.15, 0.2) is 24.3 Å². The third-order valence-corrected chi connectivity index (χ3v) is 3.55. The summed E-state index contributed by atoms with van der Waals surface area (Å²) in [7, 11) is 0. The van der Waals surface area contributed by atoms with Gasteiger partial charge in [0.25, 0.3) is 0 Å². The van der Waals surface area contributed by atoms with E-state index in [-0.39, 0.29) is 17.3 Å². The zero-order valence-electron chi connectivity index (χ0n) is 11.5. The van der Waals surface area contributed by atoms with E-state index in [1.54, 1.807) is 6.07 Å². The Morgan fingerprint density at radius 1 is 1.43 bits per heavy atom. The van der Waals surface area contributed by atoms with Crippen LogP contribution >= 0.6 is 12.2 Å². The Bertz CT molecular complexity index is 501. The number of anilines is 1. The lowest BCUT2D eigenvalue weighted by atomic mass is 10.1. The maximum Gasteiger partial charge on any atom is 0.416 e. The van der Waals surface area contributed by atoms with Crippen molar-refractivity contribution in [1.82, 2.24) is 5.32 Å². The summed E-state index contributed by atoms with van der Waals surface area (Å²) in [5.41, 5.74) is -0.399. The number of nitrogens with one attached hydrogen (secondary N) is 2. The van der Waals surface area contributed by atoms with Crippen molar-refractivity contribution >= 4 is 23.0 Å². The van der Waals surface area contributed by atoms with Gasteiger partial charge in [-0.15, -0.1) is 0 Å². The first-order chi connectivity index (χ1) is 9.86. The number of halogens is 3. The molecule has 1 saturated heterocycles. The smallest absolute Gasteiger partial charge is 0.376 e. The lowest BCUT2D eigenvalue weighted by Gasteiger charge is -2.22. The van der Waals surface area contributed by atoms with E-state index in [4.69, 9.17) is 17.0 Å². The summed E-state index contributed by atoms with van der Waals surface area (Å²) in [6.45, 7) is 2.68. The first-order valence-corrected chi connectivity index (χ1v) is 7.13. The molecule has 2 unspecified atom stereocenters. The summed E-state index contributed by atoms with van der Waals surface area (Å²) < 4.78 is 43.4. The summed E-state index contributed by atoms with van der Waals surface area (Å²) in [4.78, 5) is 0. The molecule has 21 heavy (non-hydrogen) atoms. The van der Waals surface area contributed by atoms with Crippen molar-refractivity contribution in [3.05, 3.63) is 29.8 Å². The van der Waals surface area contributed by atoms with Gasteiger partial charge >= 0.3 is 6.18 Å². The minimum absolute atomic E-state index is 0.0123. The van der Waals surface area contributed by atoms with Gasteiger partial charge in [-0.05, 0) is 50.2 Å². The van der Waals surface area contributed by atoms with Crippen LogP contribution in [0.5, 0.6) is 0 Å². The second kappa shape index (κ2) is 6.62. The average molecular weight is 318 g/mol. The Morgan fingerprint density at radius 2 is 2.19 bits per heavy atom. The van der Waals surface area contributed by atoms with Crippen LogP contribution in [0.1, 0.15) is 25.3 Å². The van der Waals surface area contributed by atoms with Crippen LogP contribution in [0.3, 0.4) is 0 Å². The first kappa shape index (κ1) is 16.0. The second-order valence-corrected chi connectivity index (χ2v) is 5.43. The van der Waals surface area contributed by atoms with E-state index in [0.29, 0.717) is 5.69 Å². The normalized spacial score (nSPS) is 20.1. The molecular weight excluding hydrogens is 301 g/mol. The molecule has 7 heteroatoms. The molecule has 0 amide bonds. The Labute approximate surface area is 126 Å². The largest absolute Gasteiger partial charge is 0.416 e. The van der Waals surface area contributed by atoms with Gasteiger partial charge < -0.3 is 15.4 Å². The molecule has 0 radical (unpaired) electrons. The van der Waals surface area contributed by atoms with Gasteiger partial charge in [0.05, 0.1) is 17.7 Å². The minimum Gasteiger partial charge on any atom is -0.376 e. The highest BCUT2D eigenvalue weighted by Crippen LogP contribution is 2.30. The number of benzene rings is 1. The van der Waals surface area contributed by atoms with Crippen molar-refractivity contribution in [3.63, 3.8) is 0 Å². The number of alkyl halides is 3. The SMILES string of the molecule is CC(NC(=S)Nc1cccc(C(F)(F)F)c1)C1CCCO1. The topological polar surface area (TPSA) is 33.3 Å². The summed E-state index contributed by atoms with van der Waals surface area (Å²) in [6, 6.07) is 4.96. The zero-order chi connectivity index (χ0) is 15.5. The lowest BCUT2D eigenvalue weighted by molar-refractivity contribution is -0.137. The molecule has 2 rings (SSSR count). The summed E-state index contributed by atoms with van der Waals surface area (Å²) >= 11 is 5.13. The van der Waals surface area contributed by atoms with Crippen LogP contribution in [-0.2, 0) is 10.9 Å². The van der Waals surface area contributed by atoms with E-state index < -0.39 is 11.7 Å². The van der Waals surface area contributed by atoms with Crippen LogP contribution in [0.25, 0.3) is 0 Å². The van der Waals surface area contributed by atoms with Crippen molar-refractivity contribution in [2.45, 2.75) is 38.1 Å². The van der Waals surface area contributed by atoms with E-state index >= 15 is 0 Å². The molecule has 1 aromatic rings. The van der Waals surface area contributed by atoms with Crippen molar-refractivity contribution in [3.8, 4) is 0 Å². The van der Waals surface area contributed by atoms with Gasteiger partial charge in [-0.25, -0.2) is 0 Å². The molecule has 3 nitrogen and oxygen atoms in total. The van der Waals surface area contributed by atoms with Crippen LogP contribution in [0.2, 0.25) is 0 Å². The molecule has 0 saturated carbocycles. The van der Waals surface area contributed by atoms with Gasteiger partial charge in [-0.3, -0.25) is 0 Å². The highest BCUT2D eigenvalue weighted by atomic mass is 32.1. The van der Waals surface area contributed by atoms with Crippen LogP contribution in [-0.4, -0.2) is 23.9 Å². The summed E-state index contributed by atoms with van der Waals surface area (Å²) in [5.74, 6) is 0. The average Bonchev–Trinajstić information content (AvgIpc) is 2.91. The Morgan fingerprint density at radius 3 is 2.81 bits per heavy atom. The predicted octanol–water partition coefficient (Wildman–Crippen LogP) is 3.56. The number of thiocarbonyl (C=S) groups is 1. The van der Waals surface area contributed by atoms with E-state index in [0.717, 1.165) is 31.6 Å². The number of ether oxygens (including phenoxy) is 1. The Hall–Kier alpha value is -1.34. The van der Waals surface area contributed by atoms with Crippen LogP contribution in [0, 0.1) is 0 Å². The fourth-order valence-corrected chi connectivity index (χ4v) is 2.54. The third-order valence-electron chi connectivity index (χ3n) is 3.33. The van der Waals surface area contributed by atoms with E-state index in [1.165, 1.54) is 6.07 Å².